The third-order valence-corrected chi connectivity index (χ3v) is 6.24. The van der Waals surface area contributed by atoms with Crippen molar-refractivity contribution in [2.45, 2.75) is 30.9 Å². The Morgan fingerprint density at radius 1 is 1.16 bits per heavy atom. The summed E-state index contributed by atoms with van der Waals surface area (Å²) in [6.07, 6.45) is 2.49. The van der Waals surface area contributed by atoms with E-state index in [1.165, 1.54) is 5.56 Å². The lowest BCUT2D eigenvalue weighted by Gasteiger charge is -2.17. The van der Waals surface area contributed by atoms with Crippen LogP contribution in [0, 0.1) is 0 Å². The van der Waals surface area contributed by atoms with Crippen LogP contribution in [0.1, 0.15) is 24.0 Å². The molecule has 8 nitrogen and oxygen atoms in total. The number of aryl methyl sites for hydroxylation is 1. The van der Waals surface area contributed by atoms with Gasteiger partial charge in [0.25, 0.3) is 0 Å². The molecule has 1 amide bonds. The van der Waals surface area contributed by atoms with Gasteiger partial charge in [-0.15, -0.1) is 0 Å². The fourth-order valence-corrected chi connectivity index (χ4v) is 4.18. The molecule has 0 aliphatic carbocycles. The maximum atomic E-state index is 11.7. The number of nitrogens with two attached hydrogens (primary N) is 1. The maximum Gasteiger partial charge on any atom is 0.250 e. The molecule has 2 atom stereocenters. The molecule has 0 saturated heterocycles. The zero-order valence-corrected chi connectivity index (χ0v) is 18.4. The summed E-state index contributed by atoms with van der Waals surface area (Å²) < 4.78 is 28.5. The Morgan fingerprint density at radius 3 is 2.29 bits per heavy atom. The molecule has 0 saturated carbocycles. The standard InChI is InChI=1S/C22H27N3O5S/c1-29-13-3-4-15-5-7-16(8-6-15)17-9-11-18(12-10-17)19-14-20(30-25-19)24-22(21(23)26)31(2,27)28/h5-12,20,22,24H,3-4,13-14H2,1-2H3,(H2,23,26). The van der Waals surface area contributed by atoms with Crippen LogP contribution in [0.4, 0.5) is 0 Å². The highest BCUT2D eigenvalue weighted by Gasteiger charge is 2.32. The molecule has 3 N–H and O–H groups in total. The lowest BCUT2D eigenvalue weighted by atomic mass is 9.99. The number of methoxy groups -OCH3 is 1. The van der Waals surface area contributed by atoms with Crippen molar-refractivity contribution in [2.24, 2.45) is 10.9 Å². The fourth-order valence-electron chi connectivity index (χ4n) is 3.36. The summed E-state index contributed by atoms with van der Waals surface area (Å²) in [6, 6.07) is 16.3. The molecule has 9 heteroatoms. The predicted molar refractivity (Wildman–Crippen MR) is 119 cm³/mol. The monoisotopic (exact) mass is 445 g/mol. The van der Waals surface area contributed by atoms with Crippen molar-refractivity contribution in [3.8, 4) is 11.1 Å². The fraction of sp³-hybridized carbons (Fsp3) is 0.364. The number of hydrogen-bond donors (Lipinski definition) is 2. The summed E-state index contributed by atoms with van der Waals surface area (Å²) in [5, 5.41) is 5.12. The average Bonchev–Trinajstić information content (AvgIpc) is 3.21. The molecule has 31 heavy (non-hydrogen) atoms. The van der Waals surface area contributed by atoms with Gasteiger partial charge in [-0.2, -0.15) is 0 Å². The minimum Gasteiger partial charge on any atom is -0.385 e. The number of amides is 1. The van der Waals surface area contributed by atoms with Crippen molar-refractivity contribution in [3.05, 3.63) is 59.7 Å². The zero-order valence-electron chi connectivity index (χ0n) is 17.6. The SMILES string of the molecule is COCCCc1ccc(-c2ccc(C3=NOC(NC(C(N)=O)S(C)(=O)=O)C3)cc2)cc1. The molecule has 0 aromatic heterocycles. The number of ether oxygens (including phenoxy) is 1. The van der Waals surface area contributed by atoms with E-state index >= 15 is 0 Å². The normalized spacial score (nSPS) is 17.1. The molecule has 2 aromatic rings. The van der Waals surface area contributed by atoms with Crippen molar-refractivity contribution >= 4 is 21.5 Å². The number of carbonyl (C=O) groups is 1. The summed E-state index contributed by atoms with van der Waals surface area (Å²) in [6.45, 7) is 0.755. The Balaban J connectivity index is 1.61. The van der Waals surface area contributed by atoms with Crippen molar-refractivity contribution in [2.75, 3.05) is 20.0 Å². The van der Waals surface area contributed by atoms with Crippen LogP contribution in [0.25, 0.3) is 11.1 Å². The number of nitrogens with one attached hydrogen (secondary N) is 1. The van der Waals surface area contributed by atoms with Gasteiger partial charge in [0.15, 0.2) is 21.4 Å². The van der Waals surface area contributed by atoms with Crippen molar-refractivity contribution < 1.29 is 22.8 Å². The minimum absolute atomic E-state index is 0.314. The van der Waals surface area contributed by atoms with E-state index in [0.29, 0.717) is 12.1 Å². The second kappa shape index (κ2) is 10.0. The lowest BCUT2D eigenvalue weighted by molar-refractivity contribution is -0.119. The zero-order chi connectivity index (χ0) is 22.4. The van der Waals surface area contributed by atoms with E-state index < -0.39 is 27.3 Å². The first kappa shape index (κ1) is 22.9. The van der Waals surface area contributed by atoms with Gasteiger partial charge in [-0.1, -0.05) is 53.7 Å². The third kappa shape index (κ3) is 6.13. The molecule has 1 aliphatic rings. The summed E-state index contributed by atoms with van der Waals surface area (Å²) in [5.41, 5.74) is 10.2. The van der Waals surface area contributed by atoms with E-state index in [2.05, 4.69) is 34.7 Å². The summed E-state index contributed by atoms with van der Waals surface area (Å²) in [4.78, 5) is 16.7. The summed E-state index contributed by atoms with van der Waals surface area (Å²) in [7, 11) is -1.99. The predicted octanol–water partition coefficient (Wildman–Crippen LogP) is 1.83. The largest absolute Gasteiger partial charge is 0.385 e. The van der Waals surface area contributed by atoms with Gasteiger partial charge < -0.3 is 15.3 Å². The smallest absolute Gasteiger partial charge is 0.250 e. The minimum atomic E-state index is -3.70. The maximum absolute atomic E-state index is 11.7. The van der Waals surface area contributed by atoms with E-state index in [4.69, 9.17) is 15.3 Å². The van der Waals surface area contributed by atoms with E-state index in [-0.39, 0.29) is 0 Å². The Labute approximate surface area is 182 Å². The average molecular weight is 446 g/mol. The molecule has 0 radical (unpaired) electrons. The van der Waals surface area contributed by atoms with Crippen LogP contribution in [0.3, 0.4) is 0 Å². The van der Waals surface area contributed by atoms with E-state index in [0.717, 1.165) is 42.4 Å². The first-order valence-electron chi connectivity index (χ1n) is 9.93. The van der Waals surface area contributed by atoms with Crippen molar-refractivity contribution in [1.82, 2.24) is 5.32 Å². The Bertz CT molecular complexity index is 1030. The Kier molecular flexibility index (Phi) is 7.42. The van der Waals surface area contributed by atoms with Crippen LogP contribution in [0.5, 0.6) is 0 Å². The quantitative estimate of drug-likeness (QED) is 0.539. The highest BCUT2D eigenvalue weighted by Crippen LogP contribution is 2.23. The Hall–Kier alpha value is -2.75. The van der Waals surface area contributed by atoms with Crippen molar-refractivity contribution in [1.29, 1.82) is 0 Å². The highest BCUT2D eigenvalue weighted by atomic mass is 32.2. The molecule has 1 heterocycles. The molecule has 0 spiro atoms. The van der Waals surface area contributed by atoms with Gasteiger partial charge in [0, 0.05) is 26.4 Å². The number of sulfone groups is 1. The van der Waals surface area contributed by atoms with Crippen molar-refractivity contribution in [3.63, 3.8) is 0 Å². The van der Waals surface area contributed by atoms with Crippen LogP contribution in [0.2, 0.25) is 0 Å². The molecule has 1 aliphatic heterocycles. The molecule has 0 fully saturated rings. The molecule has 2 aromatic carbocycles. The summed E-state index contributed by atoms with van der Waals surface area (Å²) >= 11 is 0. The molecule has 0 bridgehead atoms. The van der Waals surface area contributed by atoms with Gasteiger partial charge >= 0.3 is 0 Å². The highest BCUT2D eigenvalue weighted by molar-refractivity contribution is 7.92. The first-order chi connectivity index (χ1) is 14.8. The van der Waals surface area contributed by atoms with Gasteiger partial charge in [0.1, 0.15) is 0 Å². The first-order valence-corrected chi connectivity index (χ1v) is 11.9. The third-order valence-electron chi connectivity index (χ3n) is 5.01. The molecule has 3 rings (SSSR count). The van der Waals surface area contributed by atoms with Crippen LogP contribution >= 0.6 is 0 Å². The van der Waals surface area contributed by atoms with Crippen LogP contribution in [-0.2, 0) is 30.6 Å². The van der Waals surface area contributed by atoms with Gasteiger partial charge in [-0.25, -0.2) is 8.42 Å². The second-order valence-electron chi connectivity index (χ2n) is 7.49. The molecular formula is C22H27N3O5S. The number of oxime groups is 1. The summed E-state index contributed by atoms with van der Waals surface area (Å²) in [5.74, 6) is -0.978. The topological polar surface area (TPSA) is 120 Å². The number of primary amides is 1. The van der Waals surface area contributed by atoms with Gasteiger partial charge in [0.05, 0.1) is 5.71 Å². The molecular weight excluding hydrogens is 418 g/mol. The number of rotatable bonds is 10. The van der Waals surface area contributed by atoms with Gasteiger partial charge in [-0.05, 0) is 35.1 Å². The van der Waals surface area contributed by atoms with Crippen LogP contribution < -0.4 is 11.1 Å². The number of nitrogens with zero attached hydrogens (tertiary/aromatic N) is 1. The van der Waals surface area contributed by atoms with Gasteiger partial charge in [0.2, 0.25) is 5.91 Å². The van der Waals surface area contributed by atoms with E-state index in [1.54, 1.807) is 7.11 Å². The molecule has 166 valence electrons. The van der Waals surface area contributed by atoms with E-state index in [1.807, 2.05) is 24.3 Å². The number of benzene rings is 2. The van der Waals surface area contributed by atoms with E-state index in [9.17, 15) is 13.2 Å². The second-order valence-corrected chi connectivity index (χ2v) is 9.62. The number of hydrogen-bond acceptors (Lipinski definition) is 7. The van der Waals surface area contributed by atoms with Gasteiger partial charge in [-0.3, -0.25) is 10.1 Å². The molecule has 2 unspecified atom stereocenters. The van der Waals surface area contributed by atoms with Crippen LogP contribution in [0.15, 0.2) is 53.7 Å². The Morgan fingerprint density at radius 2 is 1.74 bits per heavy atom. The number of carbonyl (C=O) groups excluding carboxylic acids is 1. The van der Waals surface area contributed by atoms with Crippen LogP contribution in [-0.4, -0.2) is 51.6 Å². The lowest BCUT2D eigenvalue weighted by Crippen LogP contribution is -2.50.